The number of aliphatic hydroxyl groups excluding tert-OH is 1. The summed E-state index contributed by atoms with van der Waals surface area (Å²) in [7, 11) is 0. The van der Waals surface area contributed by atoms with E-state index in [9.17, 15) is 4.79 Å². The molecule has 0 spiro atoms. The number of hydrogen-bond acceptors (Lipinski definition) is 2. The highest BCUT2D eigenvalue weighted by Gasteiger charge is 2.30. The van der Waals surface area contributed by atoms with Crippen LogP contribution in [0.3, 0.4) is 0 Å². The van der Waals surface area contributed by atoms with E-state index in [0.717, 1.165) is 19.3 Å². The van der Waals surface area contributed by atoms with Gasteiger partial charge in [-0.2, -0.15) is 0 Å². The standard InChI is InChI=1S/C13H14Cl2INO2/c14-8-6-10(12(16)11(15)7-8)13(19)17(4-5-18)9-2-1-3-9/h6-7,9,18H,1-5H2. The van der Waals surface area contributed by atoms with Crippen LogP contribution in [0.5, 0.6) is 0 Å². The van der Waals surface area contributed by atoms with Gasteiger partial charge in [-0.25, -0.2) is 0 Å². The lowest BCUT2D eigenvalue weighted by Gasteiger charge is -2.37. The number of carbonyl (C=O) groups excluding carboxylic acids is 1. The second-order valence-electron chi connectivity index (χ2n) is 4.56. The highest BCUT2D eigenvalue weighted by atomic mass is 127. The number of halogens is 3. The maximum Gasteiger partial charge on any atom is 0.255 e. The lowest BCUT2D eigenvalue weighted by molar-refractivity contribution is 0.0524. The monoisotopic (exact) mass is 413 g/mol. The Balaban J connectivity index is 2.30. The average molecular weight is 414 g/mol. The Morgan fingerprint density at radius 1 is 1.42 bits per heavy atom. The lowest BCUT2D eigenvalue weighted by Crippen LogP contribution is -2.45. The normalized spacial score (nSPS) is 15.2. The second-order valence-corrected chi connectivity index (χ2v) is 6.48. The summed E-state index contributed by atoms with van der Waals surface area (Å²) in [5, 5.41) is 10.1. The van der Waals surface area contributed by atoms with Gasteiger partial charge >= 0.3 is 0 Å². The molecule has 0 aromatic heterocycles. The van der Waals surface area contributed by atoms with E-state index in [1.807, 2.05) is 0 Å². The molecule has 1 aromatic rings. The van der Waals surface area contributed by atoms with Crippen LogP contribution in [0.1, 0.15) is 29.6 Å². The van der Waals surface area contributed by atoms with Crippen LogP contribution in [0.2, 0.25) is 10.0 Å². The first-order chi connectivity index (χ1) is 9.04. The first kappa shape index (κ1) is 15.4. The van der Waals surface area contributed by atoms with Crippen LogP contribution in [0, 0.1) is 3.57 Å². The SMILES string of the molecule is O=C(c1cc(Cl)cc(Cl)c1I)N(CCO)C1CCC1. The van der Waals surface area contributed by atoms with Crippen LogP contribution in [0.25, 0.3) is 0 Å². The van der Waals surface area contributed by atoms with Crippen molar-refractivity contribution in [1.29, 1.82) is 0 Å². The Bertz CT molecular complexity index is 492. The molecule has 0 aliphatic heterocycles. The molecule has 1 aliphatic rings. The summed E-state index contributed by atoms with van der Waals surface area (Å²) in [6.07, 6.45) is 3.13. The van der Waals surface area contributed by atoms with E-state index in [4.69, 9.17) is 28.3 Å². The summed E-state index contributed by atoms with van der Waals surface area (Å²) in [4.78, 5) is 14.3. The largest absolute Gasteiger partial charge is 0.395 e. The van der Waals surface area contributed by atoms with Crippen LogP contribution >= 0.6 is 45.8 Å². The van der Waals surface area contributed by atoms with Gasteiger partial charge in [0.15, 0.2) is 0 Å². The summed E-state index contributed by atoms with van der Waals surface area (Å²) in [5.74, 6) is -0.104. The fourth-order valence-corrected chi connectivity index (χ4v) is 3.16. The van der Waals surface area contributed by atoms with E-state index in [1.165, 1.54) is 0 Å². The predicted molar refractivity (Wildman–Crippen MR) is 84.9 cm³/mol. The van der Waals surface area contributed by atoms with E-state index in [-0.39, 0.29) is 18.6 Å². The maximum absolute atomic E-state index is 12.6. The first-order valence-electron chi connectivity index (χ1n) is 6.11. The van der Waals surface area contributed by atoms with E-state index in [2.05, 4.69) is 22.6 Å². The van der Waals surface area contributed by atoms with Crippen LogP contribution < -0.4 is 0 Å². The number of benzene rings is 1. The molecule has 104 valence electrons. The van der Waals surface area contributed by atoms with Crippen LogP contribution in [0.15, 0.2) is 12.1 Å². The van der Waals surface area contributed by atoms with Crippen molar-refractivity contribution in [3.63, 3.8) is 0 Å². The molecule has 1 fully saturated rings. The Kier molecular flexibility index (Phi) is 5.34. The molecule has 1 N–H and O–H groups in total. The van der Waals surface area contributed by atoms with Crippen molar-refractivity contribution in [3.8, 4) is 0 Å². The number of carbonyl (C=O) groups is 1. The molecule has 2 rings (SSSR count). The molecule has 0 unspecified atom stereocenters. The van der Waals surface area contributed by atoms with Gasteiger partial charge in [-0.3, -0.25) is 4.79 Å². The molecule has 3 nitrogen and oxygen atoms in total. The Morgan fingerprint density at radius 3 is 2.63 bits per heavy atom. The third kappa shape index (κ3) is 3.35. The Hall–Kier alpha value is -0.0400. The third-order valence-electron chi connectivity index (χ3n) is 3.34. The number of rotatable bonds is 4. The van der Waals surface area contributed by atoms with Crippen LogP contribution in [-0.4, -0.2) is 35.1 Å². The van der Waals surface area contributed by atoms with Gasteiger partial charge < -0.3 is 10.0 Å². The zero-order valence-corrected chi connectivity index (χ0v) is 13.9. The molecular formula is C13H14Cl2INO2. The predicted octanol–water partition coefficient (Wildman–Crippen LogP) is 3.59. The highest BCUT2D eigenvalue weighted by molar-refractivity contribution is 14.1. The van der Waals surface area contributed by atoms with Gasteiger partial charge in [0.1, 0.15) is 0 Å². The van der Waals surface area contributed by atoms with Crippen molar-refractivity contribution in [2.45, 2.75) is 25.3 Å². The van der Waals surface area contributed by atoms with E-state index >= 15 is 0 Å². The molecule has 0 atom stereocenters. The fourth-order valence-electron chi connectivity index (χ4n) is 2.12. The van der Waals surface area contributed by atoms with Gasteiger partial charge in [0.05, 0.1) is 17.2 Å². The van der Waals surface area contributed by atoms with Crippen molar-refractivity contribution in [2.24, 2.45) is 0 Å². The molecular weight excluding hydrogens is 400 g/mol. The molecule has 0 saturated heterocycles. The Morgan fingerprint density at radius 2 is 2.11 bits per heavy atom. The minimum atomic E-state index is -0.104. The summed E-state index contributed by atoms with van der Waals surface area (Å²) in [5.41, 5.74) is 0.512. The van der Waals surface area contributed by atoms with Gasteiger partial charge in [0, 0.05) is 21.2 Å². The number of amides is 1. The quantitative estimate of drug-likeness (QED) is 0.605. The van der Waals surface area contributed by atoms with E-state index in [0.29, 0.717) is 25.7 Å². The van der Waals surface area contributed by atoms with Crippen LogP contribution in [-0.2, 0) is 0 Å². The summed E-state index contributed by atoms with van der Waals surface area (Å²) >= 11 is 14.1. The Labute approximate surface area is 136 Å². The molecule has 1 amide bonds. The summed E-state index contributed by atoms with van der Waals surface area (Å²) in [6, 6.07) is 3.50. The average Bonchev–Trinajstić information content (AvgIpc) is 2.30. The molecule has 0 radical (unpaired) electrons. The van der Waals surface area contributed by atoms with E-state index in [1.54, 1.807) is 17.0 Å². The summed E-state index contributed by atoms with van der Waals surface area (Å²) < 4.78 is 0.705. The molecule has 0 bridgehead atoms. The summed E-state index contributed by atoms with van der Waals surface area (Å²) in [6.45, 7) is 0.316. The van der Waals surface area contributed by atoms with Gasteiger partial charge in [0.2, 0.25) is 0 Å². The number of aliphatic hydroxyl groups is 1. The lowest BCUT2D eigenvalue weighted by atomic mass is 9.91. The minimum absolute atomic E-state index is 0.0346. The van der Waals surface area contributed by atoms with Gasteiger partial charge in [-0.15, -0.1) is 0 Å². The van der Waals surface area contributed by atoms with Gasteiger partial charge in [0.25, 0.3) is 5.91 Å². The van der Waals surface area contributed by atoms with Crippen molar-refractivity contribution >= 4 is 51.7 Å². The molecule has 1 aliphatic carbocycles. The molecule has 1 aromatic carbocycles. The fraction of sp³-hybridized carbons (Fsp3) is 0.462. The number of nitrogens with zero attached hydrogens (tertiary/aromatic N) is 1. The zero-order chi connectivity index (χ0) is 14.0. The topological polar surface area (TPSA) is 40.5 Å². The maximum atomic E-state index is 12.6. The molecule has 0 heterocycles. The third-order valence-corrected chi connectivity index (χ3v) is 5.34. The molecule has 6 heteroatoms. The number of hydrogen-bond donors (Lipinski definition) is 1. The van der Waals surface area contributed by atoms with Crippen molar-refractivity contribution in [2.75, 3.05) is 13.2 Å². The van der Waals surface area contributed by atoms with Crippen molar-refractivity contribution in [3.05, 3.63) is 31.3 Å². The second kappa shape index (κ2) is 6.61. The molecule has 19 heavy (non-hydrogen) atoms. The minimum Gasteiger partial charge on any atom is -0.395 e. The van der Waals surface area contributed by atoms with Crippen molar-refractivity contribution < 1.29 is 9.90 Å². The van der Waals surface area contributed by atoms with Crippen LogP contribution in [0.4, 0.5) is 0 Å². The smallest absolute Gasteiger partial charge is 0.255 e. The van der Waals surface area contributed by atoms with Gasteiger partial charge in [-0.05, 0) is 54.0 Å². The zero-order valence-electron chi connectivity index (χ0n) is 10.2. The van der Waals surface area contributed by atoms with E-state index < -0.39 is 0 Å². The molecule has 1 saturated carbocycles. The first-order valence-corrected chi connectivity index (χ1v) is 7.94. The highest BCUT2D eigenvalue weighted by Crippen LogP contribution is 2.31. The van der Waals surface area contributed by atoms with Gasteiger partial charge in [-0.1, -0.05) is 23.2 Å². The van der Waals surface area contributed by atoms with Crippen molar-refractivity contribution in [1.82, 2.24) is 4.90 Å².